The minimum atomic E-state index is -0.967. The maximum absolute atomic E-state index is 10.3. The molecule has 1 fully saturated rings. The van der Waals surface area contributed by atoms with E-state index in [1.54, 1.807) is 6.20 Å². The molecule has 1 aliphatic heterocycles. The molecule has 1 atom stereocenters. The lowest BCUT2D eigenvalue weighted by atomic mass is 9.93. The van der Waals surface area contributed by atoms with Crippen LogP contribution in [0.2, 0.25) is 0 Å². The fraction of sp³-hybridized carbons (Fsp3) is 0.545. The molecule has 1 saturated heterocycles. The van der Waals surface area contributed by atoms with Gasteiger partial charge in [-0.25, -0.2) is 0 Å². The van der Waals surface area contributed by atoms with Crippen molar-refractivity contribution in [3.8, 4) is 0 Å². The van der Waals surface area contributed by atoms with E-state index in [1.807, 2.05) is 12.1 Å². The summed E-state index contributed by atoms with van der Waals surface area (Å²) in [5.74, 6) is 0. The minimum Gasteiger partial charge on any atom is -0.396 e. The second-order valence-electron chi connectivity index (χ2n) is 3.82. The number of rotatable bonds is 3. The summed E-state index contributed by atoms with van der Waals surface area (Å²) in [6.45, 7) is 0.920. The first-order valence-corrected chi connectivity index (χ1v) is 5.11. The Kier molecular flexibility index (Phi) is 3.00. The molecular formula is C11H15NO3. The third kappa shape index (κ3) is 2.02. The summed E-state index contributed by atoms with van der Waals surface area (Å²) in [5, 5.41) is 19.2. The normalized spacial score (nSPS) is 25.7. The first kappa shape index (κ1) is 10.5. The predicted molar refractivity (Wildman–Crippen MR) is 54.4 cm³/mol. The highest BCUT2D eigenvalue weighted by Crippen LogP contribution is 2.30. The van der Waals surface area contributed by atoms with E-state index in [4.69, 9.17) is 9.84 Å². The standard InChI is InChI=1S/C11H15NO3/c13-6-3-9-2-1-5-12-10(9)11(14)4-7-15-8-11/h1-2,5,13-14H,3-4,6-8H2. The summed E-state index contributed by atoms with van der Waals surface area (Å²) in [7, 11) is 0. The summed E-state index contributed by atoms with van der Waals surface area (Å²) < 4.78 is 5.20. The smallest absolute Gasteiger partial charge is 0.132 e. The van der Waals surface area contributed by atoms with Gasteiger partial charge in [-0.2, -0.15) is 0 Å². The Balaban J connectivity index is 2.33. The van der Waals surface area contributed by atoms with Crippen molar-refractivity contribution >= 4 is 0 Å². The first-order valence-electron chi connectivity index (χ1n) is 5.11. The van der Waals surface area contributed by atoms with Crippen LogP contribution in [0.1, 0.15) is 17.7 Å². The molecule has 0 bridgehead atoms. The summed E-state index contributed by atoms with van der Waals surface area (Å²) in [5.41, 5.74) is 0.579. The molecule has 0 aromatic carbocycles. The van der Waals surface area contributed by atoms with Gasteiger partial charge in [0.15, 0.2) is 0 Å². The van der Waals surface area contributed by atoms with Gasteiger partial charge in [-0.3, -0.25) is 4.98 Å². The van der Waals surface area contributed by atoms with Crippen LogP contribution in [0.4, 0.5) is 0 Å². The topological polar surface area (TPSA) is 62.6 Å². The minimum absolute atomic E-state index is 0.0651. The summed E-state index contributed by atoms with van der Waals surface area (Å²) >= 11 is 0. The second-order valence-corrected chi connectivity index (χ2v) is 3.82. The van der Waals surface area contributed by atoms with Crippen molar-refractivity contribution in [3.63, 3.8) is 0 Å². The number of aliphatic hydroxyl groups excluding tert-OH is 1. The van der Waals surface area contributed by atoms with E-state index in [0.717, 1.165) is 5.56 Å². The third-order valence-electron chi connectivity index (χ3n) is 2.71. The SMILES string of the molecule is OCCc1cccnc1C1(O)CCOC1. The molecule has 2 heterocycles. The fourth-order valence-corrected chi connectivity index (χ4v) is 1.92. The molecule has 0 radical (unpaired) electrons. The zero-order valence-electron chi connectivity index (χ0n) is 8.52. The molecule has 4 nitrogen and oxygen atoms in total. The van der Waals surface area contributed by atoms with E-state index >= 15 is 0 Å². The maximum Gasteiger partial charge on any atom is 0.132 e. The highest BCUT2D eigenvalue weighted by Gasteiger charge is 2.37. The number of hydrogen-bond donors (Lipinski definition) is 2. The van der Waals surface area contributed by atoms with E-state index in [1.165, 1.54) is 0 Å². The molecule has 0 amide bonds. The van der Waals surface area contributed by atoms with Crippen molar-refractivity contribution in [2.45, 2.75) is 18.4 Å². The Morgan fingerprint density at radius 2 is 2.40 bits per heavy atom. The van der Waals surface area contributed by atoms with Crippen LogP contribution in [0.15, 0.2) is 18.3 Å². The van der Waals surface area contributed by atoms with Crippen LogP contribution in [0.5, 0.6) is 0 Å². The quantitative estimate of drug-likeness (QED) is 0.747. The van der Waals surface area contributed by atoms with Gasteiger partial charge >= 0.3 is 0 Å². The predicted octanol–water partition coefficient (Wildman–Crippen LogP) is 0.224. The molecule has 1 aliphatic rings. The van der Waals surface area contributed by atoms with Gasteiger partial charge in [0.1, 0.15) is 5.60 Å². The number of aliphatic hydroxyl groups is 2. The van der Waals surface area contributed by atoms with Gasteiger partial charge in [0.2, 0.25) is 0 Å². The largest absolute Gasteiger partial charge is 0.396 e. The number of nitrogens with zero attached hydrogens (tertiary/aromatic N) is 1. The van der Waals surface area contributed by atoms with Crippen LogP contribution in [0.3, 0.4) is 0 Å². The highest BCUT2D eigenvalue weighted by molar-refractivity contribution is 5.26. The molecule has 0 aliphatic carbocycles. The summed E-state index contributed by atoms with van der Waals surface area (Å²) in [6, 6.07) is 3.70. The Labute approximate surface area is 88.5 Å². The Morgan fingerprint density at radius 1 is 1.53 bits per heavy atom. The molecule has 1 aromatic heterocycles. The molecule has 4 heteroatoms. The molecule has 2 N–H and O–H groups in total. The van der Waals surface area contributed by atoms with Crippen molar-refractivity contribution < 1.29 is 14.9 Å². The molecule has 15 heavy (non-hydrogen) atoms. The number of pyridine rings is 1. The van der Waals surface area contributed by atoms with Gasteiger partial charge < -0.3 is 14.9 Å². The lowest BCUT2D eigenvalue weighted by molar-refractivity contribution is 0.0185. The number of aromatic nitrogens is 1. The fourth-order valence-electron chi connectivity index (χ4n) is 1.92. The molecule has 2 rings (SSSR count). The molecule has 0 spiro atoms. The van der Waals surface area contributed by atoms with Gasteiger partial charge in [0.25, 0.3) is 0 Å². The first-order chi connectivity index (χ1) is 7.26. The lowest BCUT2D eigenvalue weighted by Crippen LogP contribution is -2.28. The highest BCUT2D eigenvalue weighted by atomic mass is 16.5. The molecule has 0 saturated carbocycles. The Hall–Kier alpha value is -0.970. The average molecular weight is 209 g/mol. The van der Waals surface area contributed by atoms with Crippen LogP contribution in [-0.2, 0) is 16.8 Å². The molecule has 1 unspecified atom stereocenters. The van der Waals surface area contributed by atoms with Gasteiger partial charge in [-0.15, -0.1) is 0 Å². The van der Waals surface area contributed by atoms with Crippen molar-refractivity contribution in [2.24, 2.45) is 0 Å². The van der Waals surface area contributed by atoms with Crippen LogP contribution < -0.4 is 0 Å². The van der Waals surface area contributed by atoms with Crippen LogP contribution >= 0.6 is 0 Å². The van der Waals surface area contributed by atoms with Crippen LogP contribution in [0, 0.1) is 0 Å². The van der Waals surface area contributed by atoms with Gasteiger partial charge in [-0.05, 0) is 18.1 Å². The Bertz CT molecular complexity index is 334. The summed E-state index contributed by atoms with van der Waals surface area (Å²) in [6.07, 6.45) is 2.75. The molecule has 82 valence electrons. The lowest BCUT2D eigenvalue weighted by Gasteiger charge is -2.22. The van der Waals surface area contributed by atoms with Crippen molar-refractivity contribution in [1.82, 2.24) is 4.98 Å². The Morgan fingerprint density at radius 3 is 3.07 bits per heavy atom. The average Bonchev–Trinajstić information content (AvgIpc) is 2.68. The summed E-state index contributed by atoms with van der Waals surface area (Å²) in [4.78, 5) is 4.21. The second kappa shape index (κ2) is 4.26. The third-order valence-corrected chi connectivity index (χ3v) is 2.71. The van der Waals surface area contributed by atoms with E-state index in [-0.39, 0.29) is 6.61 Å². The van der Waals surface area contributed by atoms with Gasteiger partial charge in [-0.1, -0.05) is 6.07 Å². The number of hydrogen-bond acceptors (Lipinski definition) is 4. The van der Waals surface area contributed by atoms with E-state index in [9.17, 15) is 5.11 Å². The van der Waals surface area contributed by atoms with Crippen molar-refractivity contribution in [3.05, 3.63) is 29.6 Å². The zero-order chi connectivity index (χ0) is 10.7. The maximum atomic E-state index is 10.3. The molecular weight excluding hydrogens is 194 g/mol. The van der Waals surface area contributed by atoms with E-state index < -0.39 is 5.60 Å². The monoisotopic (exact) mass is 209 g/mol. The van der Waals surface area contributed by atoms with Crippen molar-refractivity contribution in [1.29, 1.82) is 0 Å². The van der Waals surface area contributed by atoms with Crippen molar-refractivity contribution in [2.75, 3.05) is 19.8 Å². The van der Waals surface area contributed by atoms with Gasteiger partial charge in [0, 0.05) is 25.8 Å². The van der Waals surface area contributed by atoms with Crippen LogP contribution in [-0.4, -0.2) is 35.0 Å². The van der Waals surface area contributed by atoms with E-state index in [2.05, 4.69) is 4.98 Å². The van der Waals surface area contributed by atoms with Crippen LogP contribution in [0.25, 0.3) is 0 Å². The van der Waals surface area contributed by atoms with Gasteiger partial charge in [0.05, 0.1) is 12.3 Å². The molecule has 1 aromatic rings. The number of ether oxygens (including phenoxy) is 1. The van der Waals surface area contributed by atoms with E-state index in [0.29, 0.717) is 31.7 Å². The zero-order valence-corrected chi connectivity index (χ0v) is 8.52.